The summed E-state index contributed by atoms with van der Waals surface area (Å²) in [6.07, 6.45) is 3.50. The van der Waals surface area contributed by atoms with Gasteiger partial charge in [-0.1, -0.05) is 0 Å². The number of esters is 1. The molecule has 0 bridgehead atoms. The fourth-order valence-electron chi connectivity index (χ4n) is 1.55. The molecule has 0 aliphatic carbocycles. The molecule has 0 aliphatic heterocycles. The third kappa shape index (κ3) is 2.35. The van der Waals surface area contributed by atoms with Gasteiger partial charge in [-0.2, -0.15) is 5.10 Å². The Morgan fingerprint density at radius 1 is 1.53 bits per heavy atom. The van der Waals surface area contributed by atoms with E-state index in [0.717, 1.165) is 11.5 Å². The van der Waals surface area contributed by atoms with Crippen molar-refractivity contribution in [1.29, 1.82) is 0 Å². The molecule has 0 aliphatic rings. The lowest BCUT2D eigenvalue weighted by atomic mass is 10.4. The molecule has 2 aromatic heterocycles. The lowest BCUT2D eigenvalue weighted by Gasteiger charge is -2.20. The van der Waals surface area contributed by atoms with Gasteiger partial charge in [0.15, 0.2) is 5.65 Å². The number of carbonyl (C=O) groups is 1. The van der Waals surface area contributed by atoms with Crippen molar-refractivity contribution in [2.75, 3.05) is 25.1 Å². The first-order valence-electron chi connectivity index (χ1n) is 5.36. The van der Waals surface area contributed by atoms with Gasteiger partial charge in [-0.15, -0.1) is 0 Å². The van der Waals surface area contributed by atoms with Crippen LogP contribution in [-0.2, 0) is 9.53 Å². The second-order valence-corrected chi connectivity index (χ2v) is 3.51. The minimum atomic E-state index is -0.276. The van der Waals surface area contributed by atoms with Crippen LogP contribution in [0.5, 0.6) is 0 Å². The molecule has 0 aromatic carbocycles. The summed E-state index contributed by atoms with van der Waals surface area (Å²) in [6.45, 7) is 2.85. The topological polar surface area (TPSA) is 59.7 Å². The minimum Gasteiger partial charge on any atom is -0.468 e. The first-order chi connectivity index (χ1) is 8.24. The highest BCUT2D eigenvalue weighted by Gasteiger charge is 2.11. The van der Waals surface area contributed by atoms with E-state index in [4.69, 9.17) is 0 Å². The van der Waals surface area contributed by atoms with Crippen LogP contribution in [0.4, 0.5) is 5.82 Å². The smallest absolute Gasteiger partial charge is 0.325 e. The number of anilines is 1. The van der Waals surface area contributed by atoms with Gasteiger partial charge in [-0.3, -0.25) is 4.79 Å². The van der Waals surface area contributed by atoms with E-state index in [2.05, 4.69) is 14.8 Å². The summed E-state index contributed by atoms with van der Waals surface area (Å²) in [5.74, 6) is 0.466. The van der Waals surface area contributed by atoms with Crippen LogP contribution in [0.15, 0.2) is 24.5 Å². The molecule has 0 N–H and O–H groups in total. The summed E-state index contributed by atoms with van der Waals surface area (Å²) in [7, 11) is 1.38. The first-order valence-corrected chi connectivity index (χ1v) is 5.36. The maximum Gasteiger partial charge on any atom is 0.325 e. The molecule has 6 heteroatoms. The molecule has 0 fully saturated rings. The van der Waals surface area contributed by atoms with Crippen LogP contribution in [0.1, 0.15) is 6.92 Å². The van der Waals surface area contributed by atoms with E-state index in [1.807, 2.05) is 30.2 Å². The monoisotopic (exact) mass is 234 g/mol. The number of hydrogen-bond acceptors (Lipinski definition) is 5. The number of rotatable bonds is 4. The molecule has 0 saturated heterocycles. The Morgan fingerprint density at radius 2 is 2.35 bits per heavy atom. The lowest BCUT2D eigenvalue weighted by molar-refractivity contribution is -0.138. The molecular formula is C11H14N4O2. The van der Waals surface area contributed by atoms with Crippen LogP contribution in [0, 0.1) is 0 Å². The van der Waals surface area contributed by atoms with Crippen LogP contribution in [0.3, 0.4) is 0 Å². The molecular weight excluding hydrogens is 220 g/mol. The molecule has 6 nitrogen and oxygen atoms in total. The predicted molar refractivity (Wildman–Crippen MR) is 62.9 cm³/mol. The van der Waals surface area contributed by atoms with E-state index >= 15 is 0 Å². The maximum absolute atomic E-state index is 11.3. The summed E-state index contributed by atoms with van der Waals surface area (Å²) in [6, 6.07) is 3.64. The lowest BCUT2D eigenvalue weighted by Crippen LogP contribution is -2.31. The third-order valence-electron chi connectivity index (χ3n) is 2.50. The molecule has 2 aromatic rings. The van der Waals surface area contributed by atoms with Crippen molar-refractivity contribution in [3.63, 3.8) is 0 Å². The van der Waals surface area contributed by atoms with Crippen LogP contribution >= 0.6 is 0 Å². The zero-order valence-corrected chi connectivity index (χ0v) is 9.83. The molecule has 0 radical (unpaired) electrons. The van der Waals surface area contributed by atoms with Crippen molar-refractivity contribution in [1.82, 2.24) is 14.6 Å². The van der Waals surface area contributed by atoms with Gasteiger partial charge in [-0.25, -0.2) is 9.50 Å². The van der Waals surface area contributed by atoms with Gasteiger partial charge in [0, 0.05) is 18.8 Å². The molecule has 0 atom stereocenters. The first kappa shape index (κ1) is 11.4. The van der Waals surface area contributed by atoms with E-state index in [1.165, 1.54) is 7.11 Å². The number of nitrogens with zero attached hydrogens (tertiary/aromatic N) is 4. The number of aromatic nitrogens is 3. The molecule has 90 valence electrons. The molecule has 0 saturated carbocycles. The highest BCUT2D eigenvalue weighted by atomic mass is 16.5. The van der Waals surface area contributed by atoms with Gasteiger partial charge >= 0.3 is 5.97 Å². The van der Waals surface area contributed by atoms with Crippen LogP contribution in [0.2, 0.25) is 0 Å². The Morgan fingerprint density at radius 3 is 3.06 bits per heavy atom. The minimum absolute atomic E-state index is 0.199. The quantitative estimate of drug-likeness (QED) is 0.730. The van der Waals surface area contributed by atoms with E-state index in [9.17, 15) is 4.79 Å². The van der Waals surface area contributed by atoms with E-state index in [-0.39, 0.29) is 12.5 Å². The number of methoxy groups -OCH3 is 1. The van der Waals surface area contributed by atoms with Crippen molar-refractivity contribution >= 4 is 17.4 Å². The van der Waals surface area contributed by atoms with Gasteiger partial charge in [0.2, 0.25) is 0 Å². The van der Waals surface area contributed by atoms with E-state index < -0.39 is 0 Å². The highest BCUT2D eigenvalue weighted by molar-refractivity contribution is 5.75. The second-order valence-electron chi connectivity index (χ2n) is 3.51. The van der Waals surface area contributed by atoms with Crippen molar-refractivity contribution in [3.05, 3.63) is 24.5 Å². The van der Waals surface area contributed by atoms with Crippen LogP contribution in [-0.4, -0.2) is 40.8 Å². The Hall–Kier alpha value is -2.11. The van der Waals surface area contributed by atoms with Gasteiger partial charge in [0.05, 0.1) is 13.3 Å². The van der Waals surface area contributed by atoms with Gasteiger partial charge in [-0.05, 0) is 13.0 Å². The number of carbonyl (C=O) groups excluding carboxylic acids is 1. The van der Waals surface area contributed by atoms with Crippen molar-refractivity contribution in [3.8, 4) is 0 Å². The van der Waals surface area contributed by atoms with Crippen molar-refractivity contribution in [2.45, 2.75) is 6.92 Å². The predicted octanol–water partition coefficient (Wildman–Crippen LogP) is 0.729. The van der Waals surface area contributed by atoms with Gasteiger partial charge in [0.25, 0.3) is 0 Å². The Labute approximate surface area is 98.8 Å². The van der Waals surface area contributed by atoms with E-state index in [1.54, 1.807) is 10.7 Å². The number of likely N-dealkylation sites (N-methyl/N-ethyl adjacent to an activating group) is 1. The fourth-order valence-corrected chi connectivity index (χ4v) is 1.55. The molecule has 0 spiro atoms. The Bertz CT molecular complexity index is 523. The van der Waals surface area contributed by atoms with Gasteiger partial charge in [0.1, 0.15) is 12.4 Å². The summed E-state index contributed by atoms with van der Waals surface area (Å²) < 4.78 is 6.33. The van der Waals surface area contributed by atoms with Crippen LogP contribution in [0.25, 0.3) is 5.65 Å². The number of fused-ring (bicyclic) bond motifs is 1. The summed E-state index contributed by atoms with van der Waals surface area (Å²) in [5, 5.41) is 4.07. The highest BCUT2D eigenvalue weighted by Crippen LogP contribution is 2.11. The third-order valence-corrected chi connectivity index (χ3v) is 2.50. The normalized spacial score (nSPS) is 10.5. The Kier molecular flexibility index (Phi) is 3.22. The molecule has 0 unspecified atom stereocenters. The summed E-state index contributed by atoms with van der Waals surface area (Å²) in [4.78, 5) is 17.5. The number of hydrogen-bond donors (Lipinski definition) is 0. The zero-order valence-electron chi connectivity index (χ0n) is 9.83. The maximum atomic E-state index is 11.3. The fraction of sp³-hybridized carbons (Fsp3) is 0.364. The SMILES string of the molecule is CCN(CC(=O)OC)c1ccn2nccc2n1. The Balaban J connectivity index is 2.26. The molecule has 17 heavy (non-hydrogen) atoms. The molecule has 2 rings (SSSR count). The summed E-state index contributed by atoms with van der Waals surface area (Å²) in [5.41, 5.74) is 0.755. The summed E-state index contributed by atoms with van der Waals surface area (Å²) >= 11 is 0. The average molecular weight is 234 g/mol. The second kappa shape index (κ2) is 4.82. The molecule has 0 amide bonds. The zero-order chi connectivity index (χ0) is 12.3. The van der Waals surface area contributed by atoms with Gasteiger partial charge < -0.3 is 9.64 Å². The standard InChI is InChI=1S/C11H14N4O2/c1-3-14(8-11(16)17-2)9-5-7-15-10(13-9)4-6-12-15/h4-7H,3,8H2,1-2H3. The average Bonchev–Trinajstić information content (AvgIpc) is 2.82. The molecule has 2 heterocycles. The van der Waals surface area contributed by atoms with Crippen molar-refractivity contribution in [2.24, 2.45) is 0 Å². The largest absolute Gasteiger partial charge is 0.468 e. The van der Waals surface area contributed by atoms with Crippen LogP contribution < -0.4 is 4.90 Å². The van der Waals surface area contributed by atoms with E-state index in [0.29, 0.717) is 6.54 Å². The number of ether oxygens (including phenoxy) is 1. The van der Waals surface area contributed by atoms with Crippen molar-refractivity contribution < 1.29 is 9.53 Å².